The molecule has 0 saturated heterocycles. The lowest BCUT2D eigenvalue weighted by atomic mass is 10.0. The predicted octanol–water partition coefficient (Wildman–Crippen LogP) is 1.48. The zero-order valence-corrected chi connectivity index (χ0v) is 9.29. The fourth-order valence-corrected chi connectivity index (χ4v) is 1.34. The second kappa shape index (κ2) is 5.09. The summed E-state index contributed by atoms with van der Waals surface area (Å²) in [4.78, 5) is 15.6. The smallest absolute Gasteiger partial charge is 0.166 e. The minimum Gasteiger partial charge on any atom is -0.383 e. The van der Waals surface area contributed by atoms with Gasteiger partial charge >= 0.3 is 0 Å². The molecule has 1 atom stereocenters. The Morgan fingerprint density at radius 3 is 2.93 bits per heavy atom. The van der Waals surface area contributed by atoms with E-state index in [0.717, 1.165) is 0 Å². The van der Waals surface area contributed by atoms with Crippen LogP contribution in [0.3, 0.4) is 0 Å². The number of anilines is 1. The van der Waals surface area contributed by atoms with Crippen molar-refractivity contribution in [3.05, 3.63) is 22.8 Å². The number of halogens is 1. The van der Waals surface area contributed by atoms with Crippen LogP contribution >= 0.6 is 11.6 Å². The quantitative estimate of drug-likeness (QED) is 0.764. The molecule has 1 rings (SSSR count). The average molecular weight is 228 g/mol. The van der Waals surface area contributed by atoms with E-state index in [-0.39, 0.29) is 17.5 Å². The highest BCUT2D eigenvalue weighted by atomic mass is 35.5. The number of aromatic nitrogens is 1. The molecule has 1 heterocycles. The first-order chi connectivity index (χ1) is 7.04. The van der Waals surface area contributed by atoms with Crippen LogP contribution in [0.5, 0.6) is 0 Å². The standard InChI is InChI=1S/C10H14ClN3O/c1-6(4-12)2-9(15)8-3-7(11)5-14-10(8)13/h3,5-6H,2,4,12H2,1H3,(H2,13,14). The third-order valence-corrected chi connectivity index (χ3v) is 2.33. The first-order valence-corrected chi connectivity index (χ1v) is 5.06. The molecule has 0 spiro atoms. The van der Waals surface area contributed by atoms with E-state index in [1.165, 1.54) is 12.3 Å². The number of nitrogen functional groups attached to an aromatic ring is 1. The highest BCUT2D eigenvalue weighted by molar-refractivity contribution is 6.31. The molecule has 0 aromatic carbocycles. The van der Waals surface area contributed by atoms with Crippen LogP contribution in [0, 0.1) is 5.92 Å². The molecule has 4 N–H and O–H groups in total. The van der Waals surface area contributed by atoms with Gasteiger partial charge in [-0.1, -0.05) is 18.5 Å². The lowest BCUT2D eigenvalue weighted by Gasteiger charge is -2.08. The van der Waals surface area contributed by atoms with Gasteiger partial charge in [0, 0.05) is 12.6 Å². The number of nitrogens with zero attached hydrogens (tertiary/aromatic N) is 1. The van der Waals surface area contributed by atoms with Gasteiger partial charge < -0.3 is 11.5 Å². The zero-order valence-electron chi connectivity index (χ0n) is 8.53. The maximum Gasteiger partial charge on any atom is 0.166 e. The van der Waals surface area contributed by atoms with Crippen molar-refractivity contribution < 1.29 is 4.79 Å². The van der Waals surface area contributed by atoms with Gasteiger partial charge in [0.1, 0.15) is 5.82 Å². The molecule has 1 aromatic heterocycles. The van der Waals surface area contributed by atoms with Gasteiger partial charge in [0.2, 0.25) is 0 Å². The topological polar surface area (TPSA) is 82.0 Å². The molecule has 0 saturated carbocycles. The van der Waals surface area contributed by atoms with E-state index in [0.29, 0.717) is 23.6 Å². The van der Waals surface area contributed by atoms with Crippen molar-refractivity contribution in [2.24, 2.45) is 11.7 Å². The van der Waals surface area contributed by atoms with E-state index in [4.69, 9.17) is 23.1 Å². The number of Topliss-reactive ketones (excluding diaryl/α,β-unsaturated/α-hetero) is 1. The van der Waals surface area contributed by atoms with Crippen LogP contribution in [-0.2, 0) is 0 Å². The molecule has 82 valence electrons. The first kappa shape index (κ1) is 11.9. The first-order valence-electron chi connectivity index (χ1n) is 4.69. The van der Waals surface area contributed by atoms with Crippen LogP contribution in [0.2, 0.25) is 5.02 Å². The molecule has 1 unspecified atom stereocenters. The molecule has 5 heteroatoms. The minimum atomic E-state index is -0.0690. The van der Waals surface area contributed by atoms with Gasteiger partial charge in [-0.2, -0.15) is 0 Å². The number of carbonyl (C=O) groups excluding carboxylic acids is 1. The number of ketones is 1. The molecule has 0 fully saturated rings. The van der Waals surface area contributed by atoms with E-state index >= 15 is 0 Å². The number of rotatable bonds is 4. The summed E-state index contributed by atoms with van der Waals surface area (Å²) in [5, 5.41) is 0.410. The fraction of sp³-hybridized carbons (Fsp3) is 0.400. The lowest BCUT2D eigenvalue weighted by molar-refractivity contribution is 0.0966. The van der Waals surface area contributed by atoms with Gasteiger partial charge in [0.15, 0.2) is 5.78 Å². The Hall–Kier alpha value is -1.13. The number of nitrogens with two attached hydrogens (primary N) is 2. The third kappa shape index (κ3) is 3.18. The monoisotopic (exact) mass is 227 g/mol. The molecule has 1 aromatic rings. The van der Waals surface area contributed by atoms with Crippen LogP contribution in [0.15, 0.2) is 12.3 Å². The van der Waals surface area contributed by atoms with Crippen LogP contribution in [0.25, 0.3) is 0 Å². The summed E-state index contributed by atoms with van der Waals surface area (Å²) in [5.74, 6) is 0.282. The van der Waals surface area contributed by atoms with Crippen LogP contribution in [-0.4, -0.2) is 17.3 Å². The molecule has 15 heavy (non-hydrogen) atoms. The summed E-state index contributed by atoms with van der Waals surface area (Å²) in [6, 6.07) is 1.54. The van der Waals surface area contributed by atoms with Gasteiger partial charge in [-0.05, 0) is 18.5 Å². The molecule has 0 amide bonds. The number of carbonyl (C=O) groups is 1. The van der Waals surface area contributed by atoms with Crippen molar-refractivity contribution in [3.63, 3.8) is 0 Å². The summed E-state index contributed by atoms with van der Waals surface area (Å²) in [6.07, 6.45) is 1.78. The van der Waals surface area contributed by atoms with E-state index in [2.05, 4.69) is 4.98 Å². The Balaban J connectivity index is 2.86. The van der Waals surface area contributed by atoms with Crippen molar-refractivity contribution in [2.75, 3.05) is 12.3 Å². The van der Waals surface area contributed by atoms with Gasteiger partial charge in [-0.25, -0.2) is 4.98 Å². The Morgan fingerprint density at radius 1 is 1.67 bits per heavy atom. The molecule has 0 radical (unpaired) electrons. The van der Waals surface area contributed by atoms with Gasteiger partial charge in [-0.15, -0.1) is 0 Å². The average Bonchev–Trinajstić information content (AvgIpc) is 2.21. The summed E-state index contributed by atoms with van der Waals surface area (Å²) in [5.41, 5.74) is 11.4. The number of hydrogen-bond donors (Lipinski definition) is 2. The maximum absolute atomic E-state index is 11.8. The Labute approximate surface area is 93.6 Å². The molecule has 4 nitrogen and oxygen atoms in total. The maximum atomic E-state index is 11.8. The third-order valence-electron chi connectivity index (χ3n) is 2.12. The van der Waals surface area contributed by atoms with Crippen molar-refractivity contribution in [1.82, 2.24) is 4.98 Å². The highest BCUT2D eigenvalue weighted by Crippen LogP contribution is 2.18. The van der Waals surface area contributed by atoms with Crippen molar-refractivity contribution in [3.8, 4) is 0 Å². The Kier molecular flexibility index (Phi) is 4.05. The second-order valence-electron chi connectivity index (χ2n) is 3.55. The van der Waals surface area contributed by atoms with E-state index in [9.17, 15) is 4.79 Å². The van der Waals surface area contributed by atoms with Crippen LogP contribution in [0.1, 0.15) is 23.7 Å². The SMILES string of the molecule is CC(CN)CC(=O)c1cc(Cl)cnc1N. The van der Waals surface area contributed by atoms with Gasteiger partial charge in [0.25, 0.3) is 0 Å². The normalized spacial score (nSPS) is 12.5. The number of hydrogen-bond acceptors (Lipinski definition) is 4. The Bertz CT molecular complexity index is 368. The summed E-state index contributed by atoms with van der Waals surface area (Å²) < 4.78 is 0. The van der Waals surface area contributed by atoms with Crippen molar-refractivity contribution >= 4 is 23.2 Å². The van der Waals surface area contributed by atoms with Crippen LogP contribution < -0.4 is 11.5 Å². The number of pyridine rings is 1. The molecular formula is C10H14ClN3O. The molecule has 0 aliphatic rings. The van der Waals surface area contributed by atoms with Crippen LogP contribution in [0.4, 0.5) is 5.82 Å². The fourth-order valence-electron chi connectivity index (χ4n) is 1.18. The van der Waals surface area contributed by atoms with E-state index in [1.54, 1.807) is 0 Å². The summed E-state index contributed by atoms with van der Waals surface area (Å²) in [6.45, 7) is 2.38. The van der Waals surface area contributed by atoms with E-state index < -0.39 is 0 Å². The molecule has 0 aliphatic heterocycles. The van der Waals surface area contributed by atoms with Gasteiger partial charge in [-0.3, -0.25) is 4.79 Å². The van der Waals surface area contributed by atoms with Gasteiger partial charge in [0.05, 0.1) is 10.6 Å². The predicted molar refractivity (Wildman–Crippen MR) is 60.8 cm³/mol. The summed E-state index contributed by atoms with van der Waals surface area (Å²) >= 11 is 5.74. The molecule has 0 aliphatic carbocycles. The van der Waals surface area contributed by atoms with Crippen molar-refractivity contribution in [1.29, 1.82) is 0 Å². The minimum absolute atomic E-state index is 0.0690. The molecular weight excluding hydrogens is 214 g/mol. The molecule has 0 bridgehead atoms. The summed E-state index contributed by atoms with van der Waals surface area (Å²) in [7, 11) is 0. The zero-order chi connectivity index (χ0) is 11.4. The lowest BCUT2D eigenvalue weighted by Crippen LogP contribution is -2.16. The van der Waals surface area contributed by atoms with Crippen molar-refractivity contribution in [2.45, 2.75) is 13.3 Å². The largest absolute Gasteiger partial charge is 0.383 e. The Morgan fingerprint density at radius 2 is 2.33 bits per heavy atom. The second-order valence-corrected chi connectivity index (χ2v) is 3.99. The highest BCUT2D eigenvalue weighted by Gasteiger charge is 2.14. The van der Waals surface area contributed by atoms with E-state index in [1.807, 2.05) is 6.92 Å².